The predicted octanol–water partition coefficient (Wildman–Crippen LogP) is 2.49. The molecule has 0 radical (unpaired) electrons. The molecule has 0 aromatic heterocycles. The van der Waals surface area contributed by atoms with Crippen LogP contribution in [-0.2, 0) is 4.79 Å². The van der Waals surface area contributed by atoms with Crippen molar-refractivity contribution in [2.24, 2.45) is 5.73 Å². The van der Waals surface area contributed by atoms with Gasteiger partial charge in [-0.05, 0) is 48.0 Å². The molecule has 0 saturated heterocycles. The molecule has 3 N–H and O–H groups in total. The molecule has 4 nitrogen and oxygen atoms in total. The Labute approximate surface area is 119 Å². The fourth-order valence-corrected chi connectivity index (χ4v) is 2.12. The molecule has 0 spiro atoms. The lowest BCUT2D eigenvalue weighted by atomic mass is 9.99. The molecule has 0 aliphatic carbocycles. The van der Waals surface area contributed by atoms with Crippen LogP contribution in [0.5, 0.6) is 0 Å². The second-order valence-electron chi connectivity index (χ2n) is 4.61. The summed E-state index contributed by atoms with van der Waals surface area (Å²) < 4.78 is 0.638. The number of hydrogen-bond acceptors (Lipinski definition) is 2. The zero-order valence-corrected chi connectivity index (χ0v) is 12.4. The molecule has 1 rings (SSSR count). The minimum Gasteiger partial charge on any atom is -0.370 e. The highest BCUT2D eigenvalue weighted by Crippen LogP contribution is 2.22. The zero-order chi connectivity index (χ0) is 13.9. The summed E-state index contributed by atoms with van der Waals surface area (Å²) in [6.45, 7) is 3.46. The van der Waals surface area contributed by atoms with Crippen molar-refractivity contribution in [1.29, 1.82) is 0 Å². The minimum absolute atomic E-state index is 0.0664. The lowest BCUT2D eigenvalue weighted by Gasteiger charge is -2.25. The van der Waals surface area contributed by atoms with Crippen LogP contribution in [-0.4, -0.2) is 17.4 Å². The highest BCUT2D eigenvalue weighted by Gasteiger charge is 2.24. The molecule has 1 aromatic rings. The standard InChI is InChI=1S/C12H14BrClN2O2/c1-12(2,6-10(15)17)16-11(18)8-5-7(14)3-4-9(8)13/h3-5H,6H2,1-2H3,(H2,15,17)(H,16,18). The third kappa shape index (κ3) is 4.31. The van der Waals surface area contributed by atoms with Gasteiger partial charge in [-0.2, -0.15) is 0 Å². The zero-order valence-electron chi connectivity index (χ0n) is 10.1. The summed E-state index contributed by atoms with van der Waals surface area (Å²) in [7, 11) is 0. The van der Waals surface area contributed by atoms with Crippen molar-refractivity contribution >= 4 is 39.3 Å². The van der Waals surface area contributed by atoms with Crippen LogP contribution in [0.15, 0.2) is 22.7 Å². The minimum atomic E-state index is -0.704. The van der Waals surface area contributed by atoms with E-state index in [1.807, 2.05) is 0 Å². The average molecular weight is 334 g/mol. The van der Waals surface area contributed by atoms with Gasteiger partial charge in [0.15, 0.2) is 0 Å². The number of amides is 2. The van der Waals surface area contributed by atoms with Gasteiger partial charge in [-0.15, -0.1) is 0 Å². The van der Waals surface area contributed by atoms with Crippen LogP contribution in [0, 0.1) is 0 Å². The third-order valence-electron chi connectivity index (χ3n) is 2.24. The molecule has 0 fully saturated rings. The first-order chi connectivity index (χ1) is 8.21. The van der Waals surface area contributed by atoms with Gasteiger partial charge in [-0.1, -0.05) is 11.6 Å². The number of nitrogens with one attached hydrogen (secondary N) is 1. The van der Waals surface area contributed by atoms with Gasteiger partial charge in [0.2, 0.25) is 5.91 Å². The maximum absolute atomic E-state index is 12.1. The highest BCUT2D eigenvalue weighted by atomic mass is 79.9. The Morgan fingerprint density at radius 2 is 2.06 bits per heavy atom. The summed E-state index contributed by atoms with van der Waals surface area (Å²) in [6.07, 6.45) is 0.0664. The van der Waals surface area contributed by atoms with E-state index in [-0.39, 0.29) is 12.3 Å². The Bertz CT molecular complexity index is 489. The maximum Gasteiger partial charge on any atom is 0.252 e. The first-order valence-corrected chi connectivity index (χ1v) is 6.44. The van der Waals surface area contributed by atoms with Crippen molar-refractivity contribution in [2.45, 2.75) is 25.8 Å². The monoisotopic (exact) mass is 332 g/mol. The Hall–Kier alpha value is -1.07. The van der Waals surface area contributed by atoms with Crippen LogP contribution in [0.1, 0.15) is 30.6 Å². The molecule has 0 aliphatic heterocycles. The van der Waals surface area contributed by atoms with Gasteiger partial charge >= 0.3 is 0 Å². The molecular weight excluding hydrogens is 320 g/mol. The smallest absolute Gasteiger partial charge is 0.252 e. The molecule has 0 bridgehead atoms. The normalized spacial score (nSPS) is 11.1. The Balaban J connectivity index is 2.88. The third-order valence-corrected chi connectivity index (χ3v) is 3.17. The molecule has 0 unspecified atom stereocenters. The van der Waals surface area contributed by atoms with Gasteiger partial charge < -0.3 is 11.1 Å². The van der Waals surface area contributed by atoms with E-state index >= 15 is 0 Å². The summed E-state index contributed by atoms with van der Waals surface area (Å²) in [5, 5.41) is 3.21. The SMILES string of the molecule is CC(C)(CC(N)=O)NC(=O)c1cc(Cl)ccc1Br. The summed E-state index contributed by atoms with van der Waals surface area (Å²) >= 11 is 9.12. The van der Waals surface area contributed by atoms with E-state index in [4.69, 9.17) is 17.3 Å². The molecule has 0 atom stereocenters. The number of hydrogen-bond donors (Lipinski definition) is 2. The lowest BCUT2D eigenvalue weighted by molar-refractivity contribution is -0.119. The van der Waals surface area contributed by atoms with Crippen molar-refractivity contribution in [1.82, 2.24) is 5.32 Å². The number of rotatable bonds is 4. The molecule has 0 heterocycles. The van der Waals surface area contributed by atoms with Gasteiger partial charge in [0.25, 0.3) is 5.91 Å². The topological polar surface area (TPSA) is 72.2 Å². The van der Waals surface area contributed by atoms with E-state index < -0.39 is 11.4 Å². The number of nitrogens with two attached hydrogens (primary N) is 1. The molecule has 0 aliphatic rings. The van der Waals surface area contributed by atoms with E-state index in [2.05, 4.69) is 21.2 Å². The van der Waals surface area contributed by atoms with E-state index in [0.29, 0.717) is 15.1 Å². The summed E-state index contributed by atoms with van der Waals surface area (Å²) in [5.41, 5.74) is 4.84. The van der Waals surface area contributed by atoms with E-state index in [1.54, 1.807) is 32.0 Å². The van der Waals surface area contributed by atoms with Gasteiger partial charge in [0.05, 0.1) is 5.56 Å². The Kier molecular flexibility index (Phi) is 4.76. The molecule has 98 valence electrons. The van der Waals surface area contributed by atoms with Crippen molar-refractivity contribution < 1.29 is 9.59 Å². The molecule has 6 heteroatoms. The molecule has 18 heavy (non-hydrogen) atoms. The largest absolute Gasteiger partial charge is 0.370 e. The van der Waals surface area contributed by atoms with Gasteiger partial charge in [-0.25, -0.2) is 0 Å². The summed E-state index contributed by atoms with van der Waals surface area (Å²) in [6, 6.07) is 4.93. The summed E-state index contributed by atoms with van der Waals surface area (Å²) in [4.78, 5) is 23.0. The van der Waals surface area contributed by atoms with E-state index in [0.717, 1.165) is 0 Å². The number of carbonyl (C=O) groups excluding carboxylic acids is 2. The van der Waals surface area contributed by atoms with Crippen LogP contribution in [0.25, 0.3) is 0 Å². The predicted molar refractivity (Wildman–Crippen MR) is 74.5 cm³/mol. The number of halogens is 2. The quantitative estimate of drug-likeness (QED) is 0.888. The fourth-order valence-electron chi connectivity index (χ4n) is 1.53. The molecule has 2 amide bonds. The molecular formula is C12H14BrClN2O2. The fraction of sp³-hybridized carbons (Fsp3) is 0.333. The van der Waals surface area contributed by atoms with Crippen LogP contribution in [0.3, 0.4) is 0 Å². The van der Waals surface area contributed by atoms with Crippen LogP contribution in [0.2, 0.25) is 5.02 Å². The number of carbonyl (C=O) groups is 2. The van der Waals surface area contributed by atoms with Crippen LogP contribution < -0.4 is 11.1 Å². The Morgan fingerprint density at radius 3 is 2.61 bits per heavy atom. The highest BCUT2D eigenvalue weighted by molar-refractivity contribution is 9.10. The van der Waals surface area contributed by atoms with E-state index in [9.17, 15) is 9.59 Å². The van der Waals surface area contributed by atoms with Crippen LogP contribution >= 0.6 is 27.5 Å². The van der Waals surface area contributed by atoms with Crippen molar-refractivity contribution in [3.8, 4) is 0 Å². The van der Waals surface area contributed by atoms with Gasteiger partial charge in [-0.3, -0.25) is 9.59 Å². The van der Waals surface area contributed by atoms with Crippen molar-refractivity contribution in [3.63, 3.8) is 0 Å². The van der Waals surface area contributed by atoms with Gasteiger partial charge in [0.1, 0.15) is 0 Å². The Morgan fingerprint density at radius 1 is 1.44 bits per heavy atom. The lowest BCUT2D eigenvalue weighted by Crippen LogP contribution is -2.46. The number of benzene rings is 1. The van der Waals surface area contributed by atoms with E-state index in [1.165, 1.54) is 0 Å². The first kappa shape index (κ1) is 15.0. The second-order valence-corrected chi connectivity index (χ2v) is 5.90. The van der Waals surface area contributed by atoms with Crippen molar-refractivity contribution in [3.05, 3.63) is 33.3 Å². The first-order valence-electron chi connectivity index (χ1n) is 5.27. The van der Waals surface area contributed by atoms with Crippen molar-refractivity contribution in [2.75, 3.05) is 0 Å². The molecule has 0 saturated carbocycles. The summed E-state index contributed by atoms with van der Waals surface area (Å²) in [5.74, 6) is -0.777. The number of primary amides is 1. The molecule has 1 aromatic carbocycles. The van der Waals surface area contributed by atoms with Gasteiger partial charge in [0, 0.05) is 21.5 Å². The second kappa shape index (κ2) is 5.71. The average Bonchev–Trinajstić information content (AvgIpc) is 2.18. The maximum atomic E-state index is 12.1. The van der Waals surface area contributed by atoms with Crippen LogP contribution in [0.4, 0.5) is 0 Å².